The van der Waals surface area contributed by atoms with Crippen LogP contribution in [0.1, 0.15) is 37.2 Å². The number of nitrogens with zero attached hydrogens (tertiary/aromatic N) is 1. The lowest BCUT2D eigenvalue weighted by Gasteiger charge is -2.21. The molecule has 2 aliphatic rings. The molecule has 1 aliphatic carbocycles. The van der Waals surface area contributed by atoms with Crippen LogP contribution in [0.15, 0.2) is 36.4 Å². The molecule has 0 aromatic heterocycles. The number of amides is 1. The summed E-state index contributed by atoms with van der Waals surface area (Å²) in [4.78, 5) is 14.8. The minimum atomic E-state index is -3.32. The van der Waals surface area contributed by atoms with E-state index in [9.17, 15) is 26.4 Å². The number of hydrogen-bond donors (Lipinski definition) is 1. The third-order valence-corrected chi connectivity index (χ3v) is 6.95. The number of benzene rings is 2. The fraction of sp³-hybridized carbons (Fsp3) is 0.435. The fourth-order valence-corrected chi connectivity index (χ4v) is 5.47. The van der Waals surface area contributed by atoms with Crippen molar-refractivity contribution in [3.8, 4) is 11.1 Å². The van der Waals surface area contributed by atoms with Crippen LogP contribution in [0, 0.1) is 23.4 Å². The molecule has 0 unspecified atom stereocenters. The number of sulfonamides is 1. The summed E-state index contributed by atoms with van der Waals surface area (Å²) in [6.07, 6.45) is 3.42. The maximum absolute atomic E-state index is 14.7. The van der Waals surface area contributed by atoms with E-state index in [4.69, 9.17) is 0 Å². The molecule has 0 radical (unpaired) electrons. The van der Waals surface area contributed by atoms with Crippen molar-refractivity contribution in [1.82, 2.24) is 9.62 Å². The molecule has 0 bridgehead atoms. The maximum atomic E-state index is 14.7. The van der Waals surface area contributed by atoms with Crippen molar-refractivity contribution in [3.63, 3.8) is 0 Å². The third-order valence-electron chi connectivity index (χ3n) is 6.19. The molecule has 2 fully saturated rings. The first-order valence-corrected chi connectivity index (χ1v) is 12.5. The Bertz CT molecular complexity index is 1120. The molecular weight excluding hydrogens is 441 g/mol. The van der Waals surface area contributed by atoms with Crippen molar-refractivity contribution >= 4 is 15.9 Å². The Kier molecular flexibility index (Phi) is 6.31. The average Bonchev–Trinajstić information content (AvgIpc) is 3.52. The van der Waals surface area contributed by atoms with Crippen molar-refractivity contribution in [2.75, 3.05) is 19.3 Å². The van der Waals surface area contributed by atoms with Gasteiger partial charge in [0.05, 0.1) is 11.8 Å². The largest absolute Gasteiger partial charge is 0.342 e. The topological polar surface area (TPSA) is 66.5 Å². The zero-order valence-electron chi connectivity index (χ0n) is 17.7. The number of carbonyl (C=O) groups is 1. The quantitative estimate of drug-likeness (QED) is 0.729. The second kappa shape index (κ2) is 8.86. The molecule has 0 spiro atoms. The Morgan fingerprint density at radius 1 is 0.969 bits per heavy atom. The maximum Gasteiger partial charge on any atom is 0.226 e. The predicted octanol–water partition coefficient (Wildman–Crippen LogP) is 3.80. The molecule has 9 heteroatoms. The van der Waals surface area contributed by atoms with Gasteiger partial charge in [0, 0.05) is 30.6 Å². The summed E-state index contributed by atoms with van der Waals surface area (Å²) in [6, 6.07) is 7.45. The Labute approximate surface area is 185 Å². The molecular formula is C23H25F3N2O3S. The molecule has 1 N–H and O–H groups in total. The predicted molar refractivity (Wildman–Crippen MR) is 115 cm³/mol. The first-order valence-electron chi connectivity index (χ1n) is 10.6. The van der Waals surface area contributed by atoms with Crippen LogP contribution in [-0.4, -0.2) is 44.6 Å². The Balaban J connectivity index is 1.52. The lowest BCUT2D eigenvalue weighted by Crippen LogP contribution is -2.36. The van der Waals surface area contributed by atoms with Gasteiger partial charge in [-0.2, -0.15) is 0 Å². The van der Waals surface area contributed by atoms with Gasteiger partial charge in [-0.25, -0.2) is 26.3 Å². The van der Waals surface area contributed by atoms with Gasteiger partial charge in [0.25, 0.3) is 0 Å². The van der Waals surface area contributed by atoms with E-state index in [2.05, 4.69) is 4.72 Å². The lowest BCUT2D eigenvalue weighted by atomic mass is 9.94. The number of likely N-dealkylation sites (tertiary alicyclic amines) is 1. The Hall–Kier alpha value is -2.39. The second-order valence-corrected chi connectivity index (χ2v) is 10.4. The monoisotopic (exact) mass is 466 g/mol. The smallest absolute Gasteiger partial charge is 0.226 e. The molecule has 2 aromatic carbocycles. The average molecular weight is 467 g/mol. The van der Waals surface area contributed by atoms with Crippen LogP contribution in [0.4, 0.5) is 13.2 Å². The molecule has 1 amide bonds. The minimum absolute atomic E-state index is 0.0841. The fourth-order valence-electron chi connectivity index (χ4n) is 4.63. The number of nitrogens with one attached hydrogen (secondary N) is 1. The number of carbonyl (C=O) groups excluding carboxylic acids is 1. The van der Waals surface area contributed by atoms with E-state index in [0.717, 1.165) is 24.5 Å². The summed E-state index contributed by atoms with van der Waals surface area (Å²) in [5.41, 5.74) is -0.112. The van der Waals surface area contributed by atoms with Crippen LogP contribution < -0.4 is 4.72 Å². The Morgan fingerprint density at radius 3 is 2.25 bits per heavy atom. The van der Waals surface area contributed by atoms with E-state index >= 15 is 0 Å². The molecule has 5 nitrogen and oxygen atoms in total. The normalized spacial score (nSPS) is 23.6. The summed E-state index contributed by atoms with van der Waals surface area (Å²) in [6.45, 7) is 0.940. The van der Waals surface area contributed by atoms with Crippen LogP contribution in [0.3, 0.4) is 0 Å². The number of rotatable bonds is 5. The van der Waals surface area contributed by atoms with Crippen LogP contribution in [0.5, 0.6) is 0 Å². The van der Waals surface area contributed by atoms with E-state index in [1.54, 1.807) is 11.0 Å². The van der Waals surface area contributed by atoms with Gasteiger partial charge in [-0.3, -0.25) is 4.79 Å². The van der Waals surface area contributed by atoms with E-state index < -0.39 is 33.0 Å². The molecule has 2 aromatic rings. The Morgan fingerprint density at radius 2 is 1.59 bits per heavy atom. The molecule has 1 saturated carbocycles. The molecule has 3 atom stereocenters. The highest BCUT2D eigenvalue weighted by Crippen LogP contribution is 2.52. The molecule has 32 heavy (non-hydrogen) atoms. The number of hydrogen-bond acceptors (Lipinski definition) is 3. The van der Waals surface area contributed by atoms with Gasteiger partial charge in [0.2, 0.25) is 15.9 Å². The molecule has 1 saturated heterocycles. The standard InChI is InChI=1S/C23H25F3N2O3S/c1-32(30,31)27-14-5-4-11-28(12-10-14)23(29)17-13-16(17)15-6-2-7-18(24)21(15)22-19(25)8-3-9-20(22)26/h2-3,6-9,14,16-17,27H,4-5,10-13H2,1H3/t14-,16-,17+/m0/s1. The second-order valence-electron chi connectivity index (χ2n) is 8.59. The van der Waals surface area contributed by atoms with Gasteiger partial charge >= 0.3 is 0 Å². The number of halogens is 3. The van der Waals surface area contributed by atoms with Crippen LogP contribution in [0.25, 0.3) is 11.1 Å². The SMILES string of the molecule is CS(=O)(=O)N[C@H]1CCCN(C(=O)[C@@H]2C[C@H]2c2cccc(F)c2-c2c(F)cccc2F)CC1. The highest BCUT2D eigenvalue weighted by Gasteiger charge is 2.47. The van der Waals surface area contributed by atoms with Crippen LogP contribution in [0.2, 0.25) is 0 Å². The molecule has 4 rings (SSSR count). The van der Waals surface area contributed by atoms with Crippen LogP contribution >= 0.6 is 0 Å². The summed E-state index contributed by atoms with van der Waals surface area (Å²) in [5.74, 6) is -3.22. The summed E-state index contributed by atoms with van der Waals surface area (Å²) in [7, 11) is -3.32. The van der Waals surface area contributed by atoms with E-state index in [-0.39, 0.29) is 29.3 Å². The first kappa shape index (κ1) is 22.8. The summed E-state index contributed by atoms with van der Waals surface area (Å²) >= 11 is 0. The molecule has 1 aliphatic heterocycles. The minimum Gasteiger partial charge on any atom is -0.342 e. The van der Waals surface area contributed by atoms with Crippen molar-refractivity contribution < 1.29 is 26.4 Å². The zero-order chi connectivity index (χ0) is 23.0. The van der Waals surface area contributed by atoms with Crippen molar-refractivity contribution in [2.24, 2.45) is 5.92 Å². The van der Waals surface area contributed by atoms with Gasteiger partial charge in [0.15, 0.2) is 0 Å². The van der Waals surface area contributed by atoms with Gasteiger partial charge in [-0.1, -0.05) is 18.2 Å². The summed E-state index contributed by atoms with van der Waals surface area (Å²) < 4.78 is 69.1. The van der Waals surface area contributed by atoms with Crippen molar-refractivity contribution in [1.29, 1.82) is 0 Å². The third kappa shape index (κ3) is 4.83. The van der Waals surface area contributed by atoms with Crippen molar-refractivity contribution in [2.45, 2.75) is 37.6 Å². The lowest BCUT2D eigenvalue weighted by molar-refractivity contribution is -0.132. The van der Waals surface area contributed by atoms with Crippen LogP contribution in [-0.2, 0) is 14.8 Å². The van der Waals surface area contributed by atoms with Crippen molar-refractivity contribution in [3.05, 3.63) is 59.4 Å². The highest BCUT2D eigenvalue weighted by atomic mass is 32.2. The highest BCUT2D eigenvalue weighted by molar-refractivity contribution is 7.88. The van der Waals surface area contributed by atoms with Gasteiger partial charge < -0.3 is 4.90 Å². The van der Waals surface area contributed by atoms with E-state index in [1.165, 1.54) is 12.1 Å². The van der Waals surface area contributed by atoms with E-state index in [1.807, 2.05) is 0 Å². The van der Waals surface area contributed by atoms with Gasteiger partial charge in [0.1, 0.15) is 17.5 Å². The zero-order valence-corrected chi connectivity index (χ0v) is 18.5. The first-order chi connectivity index (χ1) is 15.2. The summed E-state index contributed by atoms with van der Waals surface area (Å²) in [5, 5.41) is 0. The van der Waals surface area contributed by atoms with Gasteiger partial charge in [-0.15, -0.1) is 0 Å². The molecule has 172 valence electrons. The molecule has 1 heterocycles. The van der Waals surface area contributed by atoms with Gasteiger partial charge in [-0.05, 0) is 55.4 Å². The van der Waals surface area contributed by atoms with E-state index in [0.29, 0.717) is 44.3 Å².